The molecule has 156 valence electrons. The minimum Gasteiger partial charge on any atom is -0.482 e. The van der Waals surface area contributed by atoms with Gasteiger partial charge in [0.1, 0.15) is 5.75 Å². The van der Waals surface area contributed by atoms with Crippen molar-refractivity contribution >= 4 is 17.6 Å². The van der Waals surface area contributed by atoms with Gasteiger partial charge in [0, 0.05) is 5.69 Å². The van der Waals surface area contributed by atoms with Crippen LogP contribution in [0.2, 0.25) is 0 Å². The molecule has 29 heavy (non-hydrogen) atoms. The number of hydrogen-bond donors (Lipinski definition) is 1. The molecule has 5 nitrogen and oxygen atoms in total. The van der Waals surface area contributed by atoms with Crippen LogP contribution in [-0.4, -0.2) is 25.1 Å². The van der Waals surface area contributed by atoms with Crippen LogP contribution in [0, 0.1) is 0 Å². The van der Waals surface area contributed by atoms with E-state index in [-0.39, 0.29) is 31.0 Å². The van der Waals surface area contributed by atoms with E-state index >= 15 is 0 Å². The van der Waals surface area contributed by atoms with E-state index in [1.165, 1.54) is 5.56 Å². The van der Waals surface area contributed by atoms with E-state index in [1.54, 1.807) is 0 Å². The van der Waals surface area contributed by atoms with Gasteiger partial charge in [-0.3, -0.25) is 4.79 Å². The van der Waals surface area contributed by atoms with Crippen LogP contribution in [0.25, 0.3) is 0 Å². The third-order valence-electron chi connectivity index (χ3n) is 4.69. The Kier molecular flexibility index (Phi) is 8.25. The molecule has 0 aromatic heterocycles. The van der Waals surface area contributed by atoms with Crippen LogP contribution in [0.15, 0.2) is 42.5 Å². The van der Waals surface area contributed by atoms with E-state index in [0.717, 1.165) is 23.2 Å². The first kappa shape index (κ1) is 22.5. The third kappa shape index (κ3) is 6.63. The number of rotatable bonds is 9. The lowest BCUT2D eigenvalue weighted by Gasteiger charge is -2.20. The number of carbonyl (C=O) groups excluding carboxylic acids is 2. The van der Waals surface area contributed by atoms with Gasteiger partial charge in [0.2, 0.25) is 0 Å². The van der Waals surface area contributed by atoms with Gasteiger partial charge >= 0.3 is 5.97 Å². The van der Waals surface area contributed by atoms with E-state index in [0.29, 0.717) is 5.75 Å². The molecule has 0 unspecified atom stereocenters. The van der Waals surface area contributed by atoms with Crippen molar-refractivity contribution in [2.45, 2.75) is 52.9 Å². The average Bonchev–Trinajstić information content (AvgIpc) is 2.70. The summed E-state index contributed by atoms with van der Waals surface area (Å²) < 4.78 is 10.5. The maximum absolute atomic E-state index is 12.4. The third-order valence-corrected chi connectivity index (χ3v) is 4.69. The number of ether oxygens (including phenoxy) is 2. The number of esters is 1. The molecule has 2 aromatic carbocycles. The summed E-state index contributed by atoms with van der Waals surface area (Å²) in [4.78, 5) is 24.3. The molecular weight excluding hydrogens is 366 g/mol. The first-order chi connectivity index (χ1) is 13.8. The highest BCUT2D eigenvalue weighted by atomic mass is 16.6. The zero-order valence-electron chi connectivity index (χ0n) is 18.0. The van der Waals surface area contributed by atoms with Crippen LogP contribution in [0.1, 0.15) is 63.1 Å². The van der Waals surface area contributed by atoms with Gasteiger partial charge in [0.05, 0.1) is 0 Å². The van der Waals surface area contributed by atoms with E-state index in [2.05, 4.69) is 39.9 Å². The second kappa shape index (κ2) is 10.6. The quantitative estimate of drug-likeness (QED) is 0.601. The van der Waals surface area contributed by atoms with Gasteiger partial charge in [-0.15, -0.1) is 0 Å². The molecule has 0 heterocycles. The number of anilines is 1. The molecule has 0 radical (unpaired) electrons. The lowest BCUT2D eigenvalue weighted by atomic mass is 9.92. The summed E-state index contributed by atoms with van der Waals surface area (Å²) in [6.07, 6.45) is 0.940. The zero-order chi connectivity index (χ0) is 21.4. The Morgan fingerprint density at radius 3 is 2.00 bits per heavy atom. The highest BCUT2D eigenvalue weighted by molar-refractivity contribution is 5.94. The van der Waals surface area contributed by atoms with Crippen molar-refractivity contribution in [2.24, 2.45) is 0 Å². The molecule has 1 amide bonds. The number of amides is 1. The molecule has 0 bridgehead atoms. The first-order valence-corrected chi connectivity index (χ1v) is 10.1. The van der Waals surface area contributed by atoms with Gasteiger partial charge in [-0.05, 0) is 47.1 Å². The molecule has 0 aliphatic carbocycles. The minimum absolute atomic E-state index is 0.238. The lowest BCUT2D eigenvalue weighted by Crippen LogP contribution is -2.24. The topological polar surface area (TPSA) is 64.6 Å². The summed E-state index contributed by atoms with van der Waals surface area (Å²) in [5.74, 6) is 0.177. The predicted molar refractivity (Wildman–Crippen MR) is 116 cm³/mol. The predicted octanol–water partition coefficient (Wildman–Crippen LogP) is 5.06. The van der Waals surface area contributed by atoms with Crippen LogP contribution in [0.3, 0.4) is 0 Å². The number of nitrogens with one attached hydrogen (secondary N) is 1. The van der Waals surface area contributed by atoms with Crippen molar-refractivity contribution in [3.05, 3.63) is 59.2 Å². The Morgan fingerprint density at radius 1 is 0.897 bits per heavy atom. The van der Waals surface area contributed by atoms with E-state index in [1.807, 2.05) is 42.5 Å². The zero-order valence-corrected chi connectivity index (χ0v) is 18.0. The van der Waals surface area contributed by atoms with Gasteiger partial charge in [-0.2, -0.15) is 0 Å². The van der Waals surface area contributed by atoms with Crippen molar-refractivity contribution in [2.75, 3.05) is 18.5 Å². The number of benzene rings is 2. The van der Waals surface area contributed by atoms with Crippen molar-refractivity contribution < 1.29 is 19.1 Å². The number of carbonyl (C=O) groups is 2. The summed E-state index contributed by atoms with van der Waals surface area (Å²) in [5, 5.41) is 2.93. The second-order valence-electron chi connectivity index (χ2n) is 7.62. The molecule has 5 heteroatoms. The average molecular weight is 398 g/mol. The van der Waals surface area contributed by atoms with Gasteiger partial charge in [0.15, 0.2) is 13.2 Å². The smallest absolute Gasteiger partial charge is 0.344 e. The summed E-state index contributed by atoms with van der Waals surface area (Å²) in [6, 6.07) is 13.6. The van der Waals surface area contributed by atoms with Crippen molar-refractivity contribution in [3.63, 3.8) is 0 Å². The Hall–Kier alpha value is -2.82. The number of hydrogen-bond acceptors (Lipinski definition) is 4. The molecule has 2 aromatic rings. The monoisotopic (exact) mass is 397 g/mol. The Labute approximate surface area is 173 Å². The molecular formula is C24H31NO4. The Morgan fingerprint density at radius 2 is 1.48 bits per heavy atom. The normalized spacial score (nSPS) is 10.9. The highest BCUT2D eigenvalue weighted by Gasteiger charge is 2.17. The molecule has 0 spiro atoms. The molecule has 0 fully saturated rings. The molecule has 2 rings (SSSR count). The molecule has 0 aliphatic rings. The van der Waals surface area contributed by atoms with E-state index in [9.17, 15) is 9.59 Å². The summed E-state index contributed by atoms with van der Waals surface area (Å²) in [5.41, 5.74) is 4.13. The fourth-order valence-corrected chi connectivity index (χ4v) is 3.02. The number of aryl methyl sites for hydroxylation is 1. The Balaban J connectivity index is 1.90. The largest absolute Gasteiger partial charge is 0.482 e. The van der Waals surface area contributed by atoms with Crippen LogP contribution < -0.4 is 10.1 Å². The molecule has 0 atom stereocenters. The SMILES string of the molecule is CCc1ccc(OCC(=O)OCC(=O)Nc2c(C(C)C)cccc2C(C)C)cc1. The second-order valence-corrected chi connectivity index (χ2v) is 7.62. The van der Waals surface area contributed by atoms with Crippen LogP contribution >= 0.6 is 0 Å². The minimum atomic E-state index is -0.582. The van der Waals surface area contributed by atoms with E-state index < -0.39 is 5.97 Å². The van der Waals surface area contributed by atoms with Gasteiger partial charge in [-0.25, -0.2) is 4.79 Å². The van der Waals surface area contributed by atoms with Crippen LogP contribution in [0.4, 0.5) is 5.69 Å². The van der Waals surface area contributed by atoms with Gasteiger partial charge in [-0.1, -0.05) is 65.0 Å². The van der Waals surface area contributed by atoms with Gasteiger partial charge < -0.3 is 14.8 Å². The maximum atomic E-state index is 12.4. The summed E-state index contributed by atoms with van der Waals surface area (Å²) in [6.45, 7) is 9.82. The molecule has 0 saturated carbocycles. The fourth-order valence-electron chi connectivity index (χ4n) is 3.02. The van der Waals surface area contributed by atoms with Crippen LogP contribution in [-0.2, 0) is 20.7 Å². The lowest BCUT2D eigenvalue weighted by molar-refractivity contribution is -0.149. The van der Waals surface area contributed by atoms with Crippen molar-refractivity contribution in [3.8, 4) is 5.75 Å². The fraction of sp³-hybridized carbons (Fsp3) is 0.417. The number of para-hydroxylation sites is 1. The molecule has 1 N–H and O–H groups in total. The maximum Gasteiger partial charge on any atom is 0.344 e. The summed E-state index contributed by atoms with van der Waals surface area (Å²) >= 11 is 0. The van der Waals surface area contributed by atoms with Gasteiger partial charge in [0.25, 0.3) is 5.91 Å². The Bertz CT molecular complexity index is 799. The molecule has 0 saturated heterocycles. The van der Waals surface area contributed by atoms with Crippen molar-refractivity contribution in [1.82, 2.24) is 0 Å². The van der Waals surface area contributed by atoms with Crippen molar-refractivity contribution in [1.29, 1.82) is 0 Å². The van der Waals surface area contributed by atoms with Crippen LogP contribution in [0.5, 0.6) is 5.75 Å². The standard InChI is InChI=1S/C24H31NO4/c1-6-18-10-12-19(13-11-18)28-15-23(27)29-14-22(26)25-24-20(16(2)3)8-7-9-21(24)17(4)5/h7-13,16-17H,6,14-15H2,1-5H3,(H,25,26). The first-order valence-electron chi connectivity index (χ1n) is 10.1. The highest BCUT2D eigenvalue weighted by Crippen LogP contribution is 2.32. The van der Waals surface area contributed by atoms with E-state index in [4.69, 9.17) is 9.47 Å². The molecule has 0 aliphatic heterocycles. The summed E-state index contributed by atoms with van der Waals surface area (Å²) in [7, 11) is 0.